The molecule has 0 spiro atoms. The van der Waals surface area contributed by atoms with Crippen molar-refractivity contribution in [3.63, 3.8) is 0 Å². The van der Waals surface area contributed by atoms with Crippen LogP contribution in [-0.4, -0.2) is 33.9 Å². The highest BCUT2D eigenvalue weighted by Crippen LogP contribution is 2.34. The molecule has 5 nitrogen and oxygen atoms in total. The van der Waals surface area contributed by atoms with Gasteiger partial charge in [-0.15, -0.1) is 0 Å². The standard InChI is InChI=1S/C12H19N3O.C2H7N.3C2H6/c1-7-5-11(15(6-7)10(4)16)12-13-8(2)9(3)14-12;1-2-3;3*1-2/h7,11H,5-6H2,1-4H3,(H,13,14);2-3H2,1H3;3*1-2H3. The summed E-state index contributed by atoms with van der Waals surface area (Å²) in [7, 11) is 0. The zero-order valence-corrected chi connectivity index (χ0v) is 18.7. The van der Waals surface area contributed by atoms with Gasteiger partial charge in [0.15, 0.2) is 0 Å². The van der Waals surface area contributed by atoms with Crippen LogP contribution in [0.2, 0.25) is 0 Å². The lowest BCUT2D eigenvalue weighted by Gasteiger charge is -2.21. The van der Waals surface area contributed by atoms with E-state index in [9.17, 15) is 4.79 Å². The van der Waals surface area contributed by atoms with Crippen LogP contribution in [0.15, 0.2) is 0 Å². The number of amides is 1. The van der Waals surface area contributed by atoms with E-state index in [1.165, 1.54) is 0 Å². The summed E-state index contributed by atoms with van der Waals surface area (Å²) in [6.07, 6.45) is 1.01. The number of aryl methyl sites for hydroxylation is 2. The van der Waals surface area contributed by atoms with Crippen molar-refractivity contribution in [2.75, 3.05) is 13.1 Å². The number of rotatable bonds is 1. The number of nitrogens with one attached hydrogen (secondary N) is 1. The van der Waals surface area contributed by atoms with Gasteiger partial charge in [0.1, 0.15) is 5.82 Å². The van der Waals surface area contributed by atoms with Gasteiger partial charge in [-0.2, -0.15) is 0 Å². The molecule has 5 heteroatoms. The predicted molar refractivity (Wildman–Crippen MR) is 111 cm³/mol. The van der Waals surface area contributed by atoms with Crippen molar-refractivity contribution in [1.82, 2.24) is 14.9 Å². The minimum atomic E-state index is 0.139. The average Bonchev–Trinajstić information content (AvgIpc) is 3.17. The molecule has 2 rings (SSSR count). The summed E-state index contributed by atoms with van der Waals surface area (Å²) in [6, 6.07) is 0.139. The Morgan fingerprint density at radius 1 is 1.20 bits per heavy atom. The second-order valence-electron chi connectivity index (χ2n) is 5.27. The number of H-pyrrole nitrogens is 1. The molecular formula is C20H44N4O. The average molecular weight is 357 g/mol. The highest BCUT2D eigenvalue weighted by Gasteiger charge is 2.34. The van der Waals surface area contributed by atoms with Crippen molar-refractivity contribution >= 4 is 5.91 Å². The quantitative estimate of drug-likeness (QED) is 0.743. The molecule has 3 N–H and O–H groups in total. The first-order valence-electron chi connectivity index (χ1n) is 9.91. The molecule has 2 unspecified atom stereocenters. The Bertz CT molecular complexity index is 410. The Balaban J connectivity index is -0.000000464. The van der Waals surface area contributed by atoms with Crippen molar-refractivity contribution in [3.05, 3.63) is 17.2 Å². The first-order valence-corrected chi connectivity index (χ1v) is 9.91. The zero-order chi connectivity index (χ0) is 20.6. The molecule has 25 heavy (non-hydrogen) atoms. The summed E-state index contributed by atoms with van der Waals surface area (Å²) in [5.41, 5.74) is 6.97. The number of nitrogens with zero attached hydrogens (tertiary/aromatic N) is 2. The van der Waals surface area contributed by atoms with Crippen LogP contribution in [0.4, 0.5) is 0 Å². The van der Waals surface area contributed by atoms with E-state index in [2.05, 4.69) is 16.9 Å². The van der Waals surface area contributed by atoms with Gasteiger partial charge in [0.25, 0.3) is 0 Å². The number of carbonyl (C=O) groups excluding carboxylic acids is 1. The number of imidazole rings is 1. The Morgan fingerprint density at radius 3 is 1.96 bits per heavy atom. The molecule has 0 aliphatic carbocycles. The summed E-state index contributed by atoms with van der Waals surface area (Å²) in [5, 5.41) is 0. The summed E-state index contributed by atoms with van der Waals surface area (Å²) < 4.78 is 0. The maximum Gasteiger partial charge on any atom is 0.220 e. The van der Waals surface area contributed by atoms with Crippen LogP contribution in [0.25, 0.3) is 0 Å². The monoisotopic (exact) mass is 356 g/mol. The van der Waals surface area contributed by atoms with Gasteiger partial charge in [-0.3, -0.25) is 4.79 Å². The maximum absolute atomic E-state index is 11.6. The Kier molecular flexibility index (Phi) is 19.9. The van der Waals surface area contributed by atoms with E-state index in [1.54, 1.807) is 6.92 Å². The number of aromatic nitrogens is 2. The molecule has 1 aliphatic rings. The van der Waals surface area contributed by atoms with Gasteiger partial charge in [0, 0.05) is 19.2 Å². The number of likely N-dealkylation sites (tertiary alicyclic amines) is 1. The first-order chi connectivity index (χ1) is 11.9. The van der Waals surface area contributed by atoms with E-state index in [0.29, 0.717) is 5.92 Å². The normalized spacial score (nSPS) is 17.5. The third-order valence-electron chi connectivity index (χ3n) is 3.38. The maximum atomic E-state index is 11.6. The lowest BCUT2D eigenvalue weighted by molar-refractivity contribution is -0.130. The van der Waals surface area contributed by atoms with Crippen molar-refractivity contribution in [3.8, 4) is 0 Å². The fourth-order valence-corrected chi connectivity index (χ4v) is 2.39. The Morgan fingerprint density at radius 2 is 1.64 bits per heavy atom. The summed E-state index contributed by atoms with van der Waals surface area (Å²) in [4.78, 5) is 21.3. The third-order valence-corrected chi connectivity index (χ3v) is 3.38. The molecule has 0 radical (unpaired) electrons. The Labute approximate surface area is 156 Å². The van der Waals surface area contributed by atoms with Crippen LogP contribution in [-0.2, 0) is 4.79 Å². The fraction of sp³-hybridized carbons (Fsp3) is 0.800. The molecule has 2 heterocycles. The largest absolute Gasteiger partial charge is 0.344 e. The van der Waals surface area contributed by atoms with Crippen LogP contribution in [0.3, 0.4) is 0 Å². The molecule has 1 fully saturated rings. The molecule has 1 saturated heterocycles. The number of carbonyl (C=O) groups is 1. The summed E-state index contributed by atoms with van der Waals surface area (Å²) in [6.45, 7) is 23.3. The molecule has 0 saturated carbocycles. The molecule has 1 aliphatic heterocycles. The van der Waals surface area contributed by atoms with Crippen molar-refractivity contribution in [2.45, 2.75) is 88.6 Å². The van der Waals surface area contributed by atoms with E-state index in [0.717, 1.165) is 36.7 Å². The van der Waals surface area contributed by atoms with Crippen molar-refractivity contribution < 1.29 is 4.79 Å². The molecular weight excluding hydrogens is 312 g/mol. The van der Waals surface area contributed by atoms with Crippen LogP contribution in [0.5, 0.6) is 0 Å². The SMILES string of the molecule is CC.CC.CC.CC(=O)N1CC(C)CC1c1nc(C)c(C)[nH]1.CCN. The molecule has 150 valence electrons. The topological polar surface area (TPSA) is 75.0 Å². The third kappa shape index (κ3) is 10.3. The number of nitrogens with two attached hydrogens (primary N) is 1. The van der Waals surface area contributed by atoms with Gasteiger partial charge in [-0.25, -0.2) is 4.98 Å². The summed E-state index contributed by atoms with van der Waals surface area (Å²) >= 11 is 0. The molecule has 0 aromatic carbocycles. The number of hydrogen-bond acceptors (Lipinski definition) is 3. The van der Waals surface area contributed by atoms with Gasteiger partial charge < -0.3 is 15.6 Å². The fourth-order valence-electron chi connectivity index (χ4n) is 2.39. The van der Waals surface area contributed by atoms with E-state index in [4.69, 9.17) is 5.73 Å². The van der Waals surface area contributed by atoms with E-state index < -0.39 is 0 Å². The highest BCUT2D eigenvalue weighted by atomic mass is 16.2. The van der Waals surface area contributed by atoms with E-state index >= 15 is 0 Å². The van der Waals surface area contributed by atoms with Gasteiger partial charge in [-0.1, -0.05) is 55.4 Å². The molecule has 0 bridgehead atoms. The second-order valence-corrected chi connectivity index (χ2v) is 5.27. The lowest BCUT2D eigenvalue weighted by atomic mass is 10.1. The van der Waals surface area contributed by atoms with Gasteiger partial charge in [0.2, 0.25) is 5.91 Å². The predicted octanol–water partition coefficient (Wildman–Crippen LogP) is 5.00. The van der Waals surface area contributed by atoms with Crippen molar-refractivity contribution in [2.24, 2.45) is 11.7 Å². The van der Waals surface area contributed by atoms with Gasteiger partial charge in [0.05, 0.1) is 11.7 Å². The lowest BCUT2D eigenvalue weighted by Crippen LogP contribution is -2.29. The first kappa shape index (κ1) is 28.4. The highest BCUT2D eigenvalue weighted by molar-refractivity contribution is 5.74. The second kappa shape index (κ2) is 17.5. The molecule has 1 amide bonds. The zero-order valence-electron chi connectivity index (χ0n) is 18.7. The van der Waals surface area contributed by atoms with E-state index in [-0.39, 0.29) is 11.9 Å². The van der Waals surface area contributed by atoms with Crippen LogP contribution >= 0.6 is 0 Å². The Hall–Kier alpha value is -1.36. The van der Waals surface area contributed by atoms with Crippen molar-refractivity contribution in [1.29, 1.82) is 0 Å². The van der Waals surface area contributed by atoms with Crippen LogP contribution < -0.4 is 5.73 Å². The molecule has 1 aromatic heterocycles. The summed E-state index contributed by atoms with van der Waals surface area (Å²) in [5.74, 6) is 1.63. The minimum absolute atomic E-state index is 0.139. The minimum Gasteiger partial charge on any atom is -0.344 e. The number of hydrogen-bond donors (Lipinski definition) is 2. The smallest absolute Gasteiger partial charge is 0.220 e. The van der Waals surface area contributed by atoms with Gasteiger partial charge >= 0.3 is 0 Å². The molecule has 2 atom stereocenters. The van der Waals surface area contributed by atoms with Gasteiger partial charge in [-0.05, 0) is 32.7 Å². The van der Waals surface area contributed by atoms with Crippen LogP contribution in [0.1, 0.15) is 92.0 Å². The van der Waals surface area contributed by atoms with E-state index in [1.807, 2.05) is 67.2 Å². The molecule has 1 aromatic rings. The van der Waals surface area contributed by atoms with Crippen LogP contribution in [0, 0.1) is 19.8 Å². The number of aromatic amines is 1.